The van der Waals surface area contributed by atoms with Crippen LogP contribution in [0.15, 0.2) is 54.3 Å². The first-order chi connectivity index (χ1) is 19.9. The van der Waals surface area contributed by atoms with E-state index in [-0.39, 0.29) is 0 Å². The minimum Gasteiger partial charge on any atom is -0.115 e. The van der Waals surface area contributed by atoms with Gasteiger partial charge in [0.15, 0.2) is 0 Å². The molecule has 3 aliphatic carbocycles. The third-order valence-electron chi connectivity index (χ3n) is 12.6. The maximum Gasteiger partial charge on any atom is 0.0444 e. The molecule has 3 aliphatic rings. The van der Waals surface area contributed by atoms with E-state index in [1.807, 2.05) is 0 Å². The Morgan fingerprint density at radius 1 is 0.350 bits per heavy atom. The summed E-state index contributed by atoms with van der Waals surface area (Å²) in [5.74, 6) is 0.316. The van der Waals surface area contributed by atoms with E-state index in [1.54, 1.807) is 59.6 Å². The molecule has 170 valence electrons. The third kappa shape index (κ3) is 1.03. The standard InChI is InChI=1S/C40H10/c1-2-12-14-5-6-16-18-9-10-20-19-8-7-17-15-4-3-13-11(1)21-22(12)32-24(14)26(16)34-29(18)30(20)35-28(19)27(17)33-25(15)23(13)31(21)36-37(32)39(34)40(35)38(33)36/h1-9,30H. The SMILES string of the molecule is C1=Cc2c3c4c5c2ccc2c6ccc7c8ccc9c%10ccc%11c%12c(c%13c4c4c(c25)c6c7c2c8c9c(c%12%10)c%13c24)C3C=1%11. The van der Waals surface area contributed by atoms with Crippen LogP contribution < -0.4 is 0 Å². The first kappa shape index (κ1) is 16.1. The number of rotatable bonds is 0. The van der Waals surface area contributed by atoms with Crippen molar-refractivity contribution in [3.63, 3.8) is 0 Å². The minimum atomic E-state index is 0.316. The molecule has 1 atom stereocenters. The zero-order chi connectivity index (χ0) is 24.4. The van der Waals surface area contributed by atoms with E-state index in [9.17, 15) is 0 Å². The van der Waals surface area contributed by atoms with E-state index >= 15 is 0 Å². The van der Waals surface area contributed by atoms with Crippen LogP contribution in [-0.4, -0.2) is 0 Å². The molecule has 0 aliphatic heterocycles. The Morgan fingerprint density at radius 3 is 1.35 bits per heavy atom. The lowest BCUT2D eigenvalue weighted by atomic mass is 9.78. The molecule has 0 saturated heterocycles. The topological polar surface area (TPSA) is 0 Å². The van der Waals surface area contributed by atoms with Gasteiger partial charge in [0, 0.05) is 11.5 Å². The lowest BCUT2D eigenvalue weighted by Crippen LogP contribution is -2.04. The van der Waals surface area contributed by atoms with Crippen molar-refractivity contribution in [3.05, 3.63) is 76.5 Å². The average molecular weight is 491 g/mol. The number of benzene rings is 8. The van der Waals surface area contributed by atoms with Crippen molar-refractivity contribution >= 4 is 141 Å². The molecule has 0 heterocycles. The second-order valence-electron chi connectivity index (χ2n) is 13.4. The summed E-state index contributed by atoms with van der Waals surface area (Å²) in [4.78, 5) is 0. The predicted octanol–water partition coefficient (Wildman–Crippen LogP) is 10.9. The Kier molecular flexibility index (Phi) is 1.63. The highest BCUT2D eigenvalue weighted by molar-refractivity contribution is 6.66. The van der Waals surface area contributed by atoms with Crippen molar-refractivity contribution < 1.29 is 0 Å². The lowest BCUT2D eigenvalue weighted by molar-refractivity contribution is 1.12. The molecule has 1 unspecified atom stereocenters. The highest BCUT2D eigenvalue weighted by Gasteiger charge is 2.46. The van der Waals surface area contributed by atoms with E-state index in [0.29, 0.717) is 5.92 Å². The molecule has 0 radical (unpaired) electrons. The van der Waals surface area contributed by atoms with Crippen molar-refractivity contribution in [3.8, 4) is 0 Å². The van der Waals surface area contributed by atoms with Gasteiger partial charge in [0.2, 0.25) is 0 Å². The summed E-state index contributed by atoms with van der Waals surface area (Å²) in [6.45, 7) is 0. The van der Waals surface area contributed by atoms with Crippen LogP contribution >= 0.6 is 0 Å². The summed E-state index contributed by atoms with van der Waals surface area (Å²) in [5, 5.41) is 36.6. The van der Waals surface area contributed by atoms with Gasteiger partial charge in [0.05, 0.1) is 0 Å². The van der Waals surface area contributed by atoms with Crippen LogP contribution in [-0.2, 0) is 0 Å². The first-order valence-corrected chi connectivity index (χ1v) is 14.6. The summed E-state index contributed by atoms with van der Waals surface area (Å²) >= 11 is 0. The Hall–Kier alpha value is -5.16. The van der Waals surface area contributed by atoms with E-state index in [1.165, 1.54) is 97.5 Å². The van der Waals surface area contributed by atoms with Gasteiger partial charge in [0.25, 0.3) is 0 Å². The number of fused-ring (bicyclic) bond motifs is 5. The van der Waals surface area contributed by atoms with E-state index in [4.69, 9.17) is 0 Å². The van der Waals surface area contributed by atoms with Crippen LogP contribution in [0.3, 0.4) is 0 Å². The summed E-state index contributed by atoms with van der Waals surface area (Å²) in [5.41, 5.74) is 11.4. The fourth-order valence-electron chi connectivity index (χ4n) is 11.8. The van der Waals surface area contributed by atoms with Crippen molar-refractivity contribution in [2.75, 3.05) is 0 Å². The largest absolute Gasteiger partial charge is 0.115 e. The Bertz CT molecular complexity index is 3490. The number of allylic oxidation sites excluding steroid dienone is 1. The first-order valence-electron chi connectivity index (χ1n) is 14.6. The van der Waals surface area contributed by atoms with E-state index < -0.39 is 0 Å². The van der Waals surface area contributed by atoms with Gasteiger partial charge < -0.3 is 0 Å². The summed E-state index contributed by atoms with van der Waals surface area (Å²) in [6.07, 6.45) is 2.35. The predicted molar refractivity (Wildman–Crippen MR) is 170 cm³/mol. The zero-order valence-corrected chi connectivity index (χ0v) is 20.8. The van der Waals surface area contributed by atoms with Crippen LogP contribution in [0.1, 0.15) is 28.2 Å². The Balaban J connectivity index is 1.56. The van der Waals surface area contributed by atoms with Crippen molar-refractivity contribution in [2.45, 2.75) is 5.92 Å². The van der Waals surface area contributed by atoms with Gasteiger partial charge in [-0.05, 0) is 158 Å². The smallest absolute Gasteiger partial charge is 0.0444 e. The van der Waals surface area contributed by atoms with Crippen LogP contribution in [0.2, 0.25) is 0 Å². The van der Waals surface area contributed by atoms with Crippen molar-refractivity contribution in [1.29, 1.82) is 0 Å². The third-order valence-corrected chi connectivity index (χ3v) is 12.6. The molecule has 0 bridgehead atoms. The van der Waals surface area contributed by atoms with Crippen LogP contribution in [0.5, 0.6) is 0 Å². The monoisotopic (exact) mass is 490 g/mol. The summed E-state index contributed by atoms with van der Waals surface area (Å²) < 4.78 is 0. The molecule has 0 amide bonds. The molecule has 0 N–H and O–H groups in total. The van der Waals surface area contributed by atoms with Gasteiger partial charge in [-0.1, -0.05) is 48.5 Å². The molecule has 0 nitrogen and oxygen atoms in total. The quantitative estimate of drug-likeness (QED) is 0.146. The van der Waals surface area contributed by atoms with Crippen LogP contribution in [0, 0.1) is 0 Å². The van der Waals surface area contributed by atoms with E-state index in [2.05, 4.69) is 60.3 Å². The Morgan fingerprint density at radius 2 is 0.750 bits per heavy atom. The van der Waals surface area contributed by atoms with Gasteiger partial charge in [-0.3, -0.25) is 0 Å². The van der Waals surface area contributed by atoms with Gasteiger partial charge in [0.1, 0.15) is 0 Å². The van der Waals surface area contributed by atoms with Crippen LogP contribution in [0.4, 0.5) is 0 Å². The average Bonchev–Trinajstić information content (AvgIpc) is 3.79. The molecule has 0 aromatic heterocycles. The summed E-state index contributed by atoms with van der Waals surface area (Å²) in [7, 11) is 0. The molecule has 40 heavy (non-hydrogen) atoms. The molecule has 0 spiro atoms. The van der Waals surface area contributed by atoms with Crippen molar-refractivity contribution in [2.24, 2.45) is 0 Å². The molecule has 13 aromatic rings. The molecule has 0 saturated carbocycles. The molecular formula is C40H10. The second kappa shape index (κ2) is 4.06. The maximum atomic E-state index is 3.90. The highest BCUT2D eigenvalue weighted by Crippen LogP contribution is 2.70. The molecular weight excluding hydrogens is 480 g/mol. The number of hydrogen-bond acceptors (Lipinski definition) is 0. The fraction of sp³-hybridized carbons (Fsp3) is 0.0250. The van der Waals surface area contributed by atoms with Crippen LogP contribution in [0.25, 0.3) is 141 Å². The second-order valence-corrected chi connectivity index (χ2v) is 13.4. The summed E-state index contributed by atoms with van der Waals surface area (Å²) in [6, 6.07) is 19.6. The molecule has 16 rings (SSSR count). The van der Waals surface area contributed by atoms with Crippen molar-refractivity contribution in [1.82, 2.24) is 0 Å². The normalized spacial score (nSPS) is 18.4. The maximum absolute atomic E-state index is 3.90. The van der Waals surface area contributed by atoms with E-state index in [0.717, 1.165) is 0 Å². The zero-order valence-electron chi connectivity index (χ0n) is 20.8. The molecule has 0 heteroatoms. The van der Waals surface area contributed by atoms with Gasteiger partial charge in [-0.15, -0.1) is 5.73 Å². The minimum absolute atomic E-state index is 0.316. The number of hydrogen-bond donors (Lipinski definition) is 0. The highest BCUT2D eigenvalue weighted by atomic mass is 14.5. The van der Waals surface area contributed by atoms with Gasteiger partial charge >= 0.3 is 0 Å². The lowest BCUT2D eigenvalue weighted by Gasteiger charge is -2.23. The molecule has 0 fully saturated rings. The Labute approximate surface area is 222 Å². The van der Waals surface area contributed by atoms with Gasteiger partial charge in [-0.2, -0.15) is 0 Å². The molecule has 13 aromatic carbocycles. The van der Waals surface area contributed by atoms with Gasteiger partial charge in [-0.25, -0.2) is 0 Å². The fourth-order valence-corrected chi connectivity index (χ4v) is 11.8.